The fourth-order valence-electron chi connectivity index (χ4n) is 17.3. The third-order valence-electron chi connectivity index (χ3n) is 22.6. The molecule has 12 aromatic rings. The van der Waals surface area contributed by atoms with Crippen molar-refractivity contribution in [3.05, 3.63) is 291 Å². The molecule has 1 aliphatic heterocycles. The van der Waals surface area contributed by atoms with E-state index in [0.717, 1.165) is 109 Å². The topological polar surface area (TPSA) is 78.2 Å². The molecule has 8 aromatic carbocycles. The summed E-state index contributed by atoms with van der Waals surface area (Å²) in [6.45, 7) is 42.9. The molecule has 0 amide bonds. The summed E-state index contributed by atoms with van der Waals surface area (Å²) in [5.74, 6) is 3.97. The normalized spacial score (nSPS) is 13.7. The second kappa shape index (κ2) is 38.5. The number of ether oxygens (including phenoxy) is 2. The van der Waals surface area contributed by atoms with Crippen molar-refractivity contribution in [2.75, 3.05) is 25.6 Å². The number of hydrogen-bond donors (Lipinski definition) is 0. The number of anilines is 1. The van der Waals surface area contributed by atoms with Crippen LogP contribution in [0.15, 0.2) is 200 Å². The van der Waals surface area contributed by atoms with Gasteiger partial charge in [-0.3, -0.25) is 9.97 Å². The highest BCUT2D eigenvalue weighted by molar-refractivity contribution is 5.99. The molecule has 3 aliphatic rings. The van der Waals surface area contributed by atoms with Crippen molar-refractivity contribution in [1.82, 2.24) is 24.5 Å². The van der Waals surface area contributed by atoms with Gasteiger partial charge in [-0.2, -0.15) is 0 Å². The lowest BCUT2D eigenvalue weighted by Crippen LogP contribution is -2.40. The van der Waals surface area contributed by atoms with Crippen LogP contribution in [0.4, 0.5) is 27.9 Å². The van der Waals surface area contributed by atoms with Gasteiger partial charge in [0.25, 0.3) is 0 Å². The van der Waals surface area contributed by atoms with Gasteiger partial charge in [-0.05, 0) is 253 Å². The summed E-state index contributed by atoms with van der Waals surface area (Å²) in [6.07, 6.45) is 7.01. The number of nitrogens with zero attached hydrogens (tertiary/aromatic N) is 6. The zero-order valence-electron chi connectivity index (χ0n) is 72.8. The first-order valence-corrected chi connectivity index (χ1v) is 42.4. The summed E-state index contributed by atoms with van der Waals surface area (Å²) in [7, 11) is 3.70. The molecule has 0 bridgehead atoms. The van der Waals surface area contributed by atoms with Crippen molar-refractivity contribution in [3.63, 3.8) is 0 Å². The summed E-state index contributed by atoms with van der Waals surface area (Å²) >= 11 is 0. The third kappa shape index (κ3) is 19.7. The first-order chi connectivity index (χ1) is 55.9. The van der Waals surface area contributed by atoms with E-state index < -0.39 is 0 Å². The van der Waals surface area contributed by atoms with Crippen LogP contribution in [0.25, 0.3) is 72.0 Å². The van der Waals surface area contributed by atoms with Gasteiger partial charge in [-0.25, -0.2) is 31.9 Å². The van der Waals surface area contributed by atoms with Gasteiger partial charge in [0.15, 0.2) is 0 Å². The maximum atomic E-state index is 13.5. The Balaban J connectivity index is 0.000000144. The van der Waals surface area contributed by atoms with Gasteiger partial charge in [-0.15, -0.1) is 0 Å². The third-order valence-corrected chi connectivity index (χ3v) is 22.6. The zero-order valence-corrected chi connectivity index (χ0v) is 72.8. The molecule has 0 saturated heterocycles. The number of hydrogen-bond acceptors (Lipinski definition) is 7. The lowest BCUT2D eigenvalue weighted by atomic mass is 9.75. The highest BCUT2D eigenvalue weighted by atomic mass is 19.1. The van der Waals surface area contributed by atoms with Crippen LogP contribution in [0.5, 0.6) is 5.75 Å². The molecule has 117 heavy (non-hydrogen) atoms. The molecule has 13 heteroatoms. The molecule has 4 aromatic heterocycles. The summed E-state index contributed by atoms with van der Waals surface area (Å²) in [5, 5.41) is 2.40. The van der Waals surface area contributed by atoms with Crippen LogP contribution in [-0.4, -0.2) is 50.8 Å². The maximum absolute atomic E-state index is 13.5. The van der Waals surface area contributed by atoms with Crippen LogP contribution in [0.1, 0.15) is 285 Å². The predicted octanol–water partition coefficient (Wildman–Crippen LogP) is 29.6. The van der Waals surface area contributed by atoms with Crippen molar-refractivity contribution >= 4 is 33.3 Å². The van der Waals surface area contributed by atoms with Crippen molar-refractivity contribution in [1.29, 1.82) is 0 Å². The standard InChI is InChI=1S/C22H30FNO.C22H23FO.C21H20FN.C20H22FN.C19H26FN3/c1-13(2)19-20(16-8-10-17(23)11-9-16)18(12-25-7)21(14(3)4)24-22(19)15(5)6;1-15(2)21-20(16-9-11-17(23)12-10-16)18-7-3-4-8-19(18)24-22(21)13-5-6-14-22;1-13(2)19-20(14-9-11-16(22)12-10-14)17-5-3-4-6-18(17)23-21(19)15-7-8-15;1-13(2)20-19(15-9-11-16(21)12-10-15)17-7-5-6-8-18(17)22(20)14(3)4;1-7-23(6)19-21-17(13(4)5)16(12(2)3)18(22-19)14-8-10-15(20)11-9-14/h8-11,13-15H,12H2,1-7H3;3-4,7-12,15H,5-6,13-14H2,1-2H3;3-6,9-13,15H,7-8H2,1-2H3;5-14H,1-4H3;8-13H,7H2,1-6H3. The van der Waals surface area contributed by atoms with E-state index in [1.807, 2.05) is 72.6 Å². The Labute approximate surface area is 693 Å². The van der Waals surface area contributed by atoms with Gasteiger partial charge in [-0.1, -0.05) is 214 Å². The van der Waals surface area contributed by atoms with Gasteiger partial charge < -0.3 is 18.9 Å². The van der Waals surface area contributed by atoms with Crippen LogP contribution >= 0.6 is 0 Å². The lowest BCUT2D eigenvalue weighted by molar-refractivity contribution is 0.101. The summed E-state index contributed by atoms with van der Waals surface area (Å²) in [6, 6.07) is 59.4. The van der Waals surface area contributed by atoms with Crippen molar-refractivity contribution in [2.45, 2.75) is 236 Å². The number of pyridine rings is 2. The van der Waals surface area contributed by atoms with E-state index in [-0.39, 0.29) is 34.7 Å². The van der Waals surface area contributed by atoms with E-state index in [1.165, 1.54) is 111 Å². The smallest absolute Gasteiger partial charge is 0.225 e. The van der Waals surface area contributed by atoms with Crippen LogP contribution in [0, 0.1) is 35.0 Å². The monoisotopic (exact) mass is 1580 g/mol. The van der Waals surface area contributed by atoms with E-state index in [2.05, 4.69) is 197 Å². The quantitative estimate of drug-likeness (QED) is 0.0747. The van der Waals surface area contributed by atoms with E-state index >= 15 is 0 Å². The Morgan fingerprint density at radius 2 is 0.897 bits per heavy atom. The molecule has 1 spiro atoms. The number of aromatic nitrogens is 5. The highest BCUT2D eigenvalue weighted by Gasteiger charge is 2.46. The van der Waals surface area contributed by atoms with E-state index in [0.29, 0.717) is 65.9 Å². The average molecular weight is 1580 g/mol. The predicted molar refractivity (Wildman–Crippen MR) is 478 cm³/mol. The van der Waals surface area contributed by atoms with E-state index in [1.54, 1.807) is 55.6 Å². The van der Waals surface area contributed by atoms with Gasteiger partial charge in [0, 0.05) is 99.5 Å². The largest absolute Gasteiger partial charge is 0.482 e. The molecule has 2 aliphatic carbocycles. The summed E-state index contributed by atoms with van der Waals surface area (Å²) in [5.41, 5.74) is 26.3. The number of fused-ring (bicyclic) bond motifs is 3. The molecule has 15 rings (SSSR count). The van der Waals surface area contributed by atoms with Gasteiger partial charge in [0.05, 0.1) is 23.5 Å². The average Bonchev–Trinajstić information content (AvgIpc) is 1.69. The second-order valence-corrected chi connectivity index (χ2v) is 34.4. The Bertz CT molecular complexity index is 5380. The Hall–Kier alpha value is -10.1. The number of para-hydroxylation sites is 3. The Morgan fingerprint density at radius 3 is 1.37 bits per heavy atom. The number of halogens is 5. The molecule has 2 saturated carbocycles. The molecule has 5 heterocycles. The number of benzene rings is 8. The van der Waals surface area contributed by atoms with Crippen molar-refractivity contribution in [2.24, 2.45) is 5.92 Å². The minimum atomic E-state index is -0.233. The van der Waals surface area contributed by atoms with Gasteiger partial charge in [0.2, 0.25) is 5.95 Å². The zero-order chi connectivity index (χ0) is 84.4. The molecular formula is C104H121F5N6O2. The molecule has 8 nitrogen and oxygen atoms in total. The minimum absolute atomic E-state index is 0.188. The molecule has 2 fully saturated rings. The highest BCUT2D eigenvalue weighted by Crippen LogP contribution is 2.54. The van der Waals surface area contributed by atoms with E-state index in [9.17, 15) is 22.0 Å². The van der Waals surface area contributed by atoms with Gasteiger partial charge in [0.1, 0.15) is 40.4 Å². The van der Waals surface area contributed by atoms with Gasteiger partial charge >= 0.3 is 0 Å². The fraction of sp³-hybridized carbons (Fsp3) is 0.385. The lowest BCUT2D eigenvalue weighted by Gasteiger charge is -2.41. The molecule has 0 atom stereocenters. The minimum Gasteiger partial charge on any atom is -0.482 e. The Morgan fingerprint density at radius 1 is 0.444 bits per heavy atom. The first-order valence-electron chi connectivity index (χ1n) is 42.4. The Kier molecular flexibility index (Phi) is 28.9. The van der Waals surface area contributed by atoms with Crippen LogP contribution in [0.2, 0.25) is 0 Å². The van der Waals surface area contributed by atoms with Crippen LogP contribution < -0.4 is 9.64 Å². The first kappa shape index (κ1) is 87.7. The molecule has 0 N–H and O–H groups in total. The van der Waals surface area contributed by atoms with Crippen LogP contribution in [-0.2, 0) is 11.3 Å². The molecule has 0 radical (unpaired) electrons. The summed E-state index contributed by atoms with van der Waals surface area (Å²) in [4.78, 5) is 21.7. The maximum Gasteiger partial charge on any atom is 0.225 e. The number of rotatable bonds is 19. The van der Waals surface area contributed by atoms with Crippen LogP contribution in [0.3, 0.4) is 0 Å². The number of methoxy groups -OCH3 is 1. The molecule has 0 unspecified atom stereocenters. The molecular weight excluding hydrogens is 1460 g/mol. The molecule has 614 valence electrons. The van der Waals surface area contributed by atoms with Crippen molar-refractivity contribution in [3.8, 4) is 50.4 Å². The fourth-order valence-corrected chi connectivity index (χ4v) is 17.3. The van der Waals surface area contributed by atoms with E-state index in [4.69, 9.17) is 29.4 Å². The summed E-state index contributed by atoms with van der Waals surface area (Å²) < 4.78 is 81.5. The second-order valence-electron chi connectivity index (χ2n) is 34.4. The SMILES string of the molecule is CC(C)C1=C(c2ccc(F)cc2)c2ccccc2OC12CCCC2.CC(C)c1c(-c2ccc(F)cc2)c2ccccc2n1C(C)C.CC(C)c1c(C2CC2)nc2ccccc2c1-c1ccc(F)cc1.CCN(C)c1nc(-c2ccc(F)cc2)c(C(C)C)c(C(C)C)n1.COCc1c(C(C)C)nc(C(C)C)c(C(C)C)c1-c1ccc(F)cc1. The van der Waals surface area contributed by atoms with Crippen molar-refractivity contribution < 1.29 is 31.4 Å².